The molecule has 0 N–H and O–H groups in total. The second kappa shape index (κ2) is 4.64. The zero-order chi connectivity index (χ0) is 10.5. The predicted molar refractivity (Wildman–Crippen MR) is 47.0 cm³/mol. The Morgan fingerprint density at radius 1 is 1.46 bits per heavy atom. The molecule has 0 aromatic heterocycles. The van der Waals surface area contributed by atoms with Gasteiger partial charge in [-0.3, -0.25) is 4.79 Å². The highest BCUT2D eigenvalue weighted by molar-refractivity contribution is 5.82. The molecule has 0 atom stereocenters. The first-order valence-electron chi connectivity index (χ1n) is 3.85. The first-order chi connectivity index (χ1) is 5.94. The molecule has 4 heteroatoms. The molecule has 13 heavy (non-hydrogen) atoms. The summed E-state index contributed by atoms with van der Waals surface area (Å²) in [6.45, 7) is 6.32. The summed E-state index contributed by atoms with van der Waals surface area (Å²) in [4.78, 5) is 22.0. The number of carbonyl (C=O) groups is 2. The van der Waals surface area contributed by atoms with E-state index in [0.717, 1.165) is 0 Å². The summed E-state index contributed by atoms with van der Waals surface area (Å²) >= 11 is 0. The van der Waals surface area contributed by atoms with Crippen molar-refractivity contribution in [1.82, 2.24) is 0 Å². The average molecular weight is 186 g/mol. The maximum Gasteiger partial charge on any atom is 0.349 e. The minimum Gasteiger partial charge on any atom is -0.466 e. The van der Waals surface area contributed by atoms with Gasteiger partial charge in [-0.05, 0) is 13.8 Å². The monoisotopic (exact) mass is 186 g/mol. The lowest BCUT2D eigenvalue weighted by molar-refractivity contribution is -0.176. The van der Waals surface area contributed by atoms with Crippen molar-refractivity contribution in [3.63, 3.8) is 0 Å². The van der Waals surface area contributed by atoms with Crippen LogP contribution < -0.4 is 0 Å². The van der Waals surface area contributed by atoms with Crippen LogP contribution in [0.25, 0.3) is 0 Å². The third-order valence-corrected chi connectivity index (χ3v) is 1.36. The van der Waals surface area contributed by atoms with Crippen LogP contribution in [-0.4, -0.2) is 24.6 Å². The number of hydrogen-bond donors (Lipinski definition) is 0. The lowest BCUT2D eigenvalue weighted by atomic mass is 10.1. The van der Waals surface area contributed by atoms with Crippen molar-refractivity contribution in [3.05, 3.63) is 12.7 Å². The number of hydrogen-bond acceptors (Lipinski definition) is 4. The molecule has 0 aromatic rings. The summed E-state index contributed by atoms with van der Waals surface area (Å²) in [5, 5.41) is 0. The lowest BCUT2D eigenvalue weighted by Crippen LogP contribution is -2.38. The van der Waals surface area contributed by atoms with Crippen molar-refractivity contribution < 1.29 is 19.1 Å². The van der Waals surface area contributed by atoms with Gasteiger partial charge in [-0.15, -0.1) is 6.58 Å². The normalized spacial score (nSPS) is 10.4. The van der Waals surface area contributed by atoms with Crippen molar-refractivity contribution >= 4 is 11.9 Å². The highest BCUT2D eigenvalue weighted by Crippen LogP contribution is 2.12. The summed E-state index contributed by atoms with van der Waals surface area (Å²) in [6.07, 6.45) is 1.50. The summed E-state index contributed by atoms with van der Waals surface area (Å²) in [7, 11) is 1.24. The van der Waals surface area contributed by atoms with E-state index in [9.17, 15) is 9.59 Å². The molecule has 0 bridgehead atoms. The van der Waals surface area contributed by atoms with Gasteiger partial charge in [0.2, 0.25) is 5.60 Å². The molecule has 0 rings (SSSR count). The van der Waals surface area contributed by atoms with Gasteiger partial charge in [0.05, 0.1) is 13.5 Å². The van der Waals surface area contributed by atoms with E-state index in [4.69, 9.17) is 4.74 Å². The second-order valence-corrected chi connectivity index (χ2v) is 2.97. The summed E-state index contributed by atoms with van der Waals surface area (Å²) in [6, 6.07) is 0. The zero-order valence-electron chi connectivity index (χ0n) is 8.12. The van der Waals surface area contributed by atoms with E-state index in [-0.39, 0.29) is 6.42 Å². The third-order valence-electron chi connectivity index (χ3n) is 1.36. The van der Waals surface area contributed by atoms with Gasteiger partial charge in [-0.25, -0.2) is 4.79 Å². The molecule has 0 fully saturated rings. The van der Waals surface area contributed by atoms with E-state index in [2.05, 4.69) is 11.3 Å². The van der Waals surface area contributed by atoms with E-state index < -0.39 is 17.5 Å². The van der Waals surface area contributed by atoms with E-state index in [1.165, 1.54) is 27.0 Å². The first-order valence-corrected chi connectivity index (χ1v) is 3.85. The van der Waals surface area contributed by atoms with Gasteiger partial charge in [0, 0.05) is 0 Å². The van der Waals surface area contributed by atoms with E-state index in [0.29, 0.717) is 0 Å². The number of rotatable bonds is 4. The van der Waals surface area contributed by atoms with E-state index in [1.54, 1.807) is 0 Å². The minimum absolute atomic E-state index is 0.0838. The molecule has 0 unspecified atom stereocenters. The van der Waals surface area contributed by atoms with Crippen molar-refractivity contribution in [3.8, 4) is 0 Å². The summed E-state index contributed by atoms with van der Waals surface area (Å²) in [5.41, 5.74) is -1.23. The molecule has 0 aliphatic rings. The molecule has 0 amide bonds. The molecule has 0 aliphatic heterocycles. The van der Waals surface area contributed by atoms with Crippen molar-refractivity contribution in [2.45, 2.75) is 25.9 Å². The van der Waals surface area contributed by atoms with Crippen molar-refractivity contribution in [2.75, 3.05) is 7.11 Å². The van der Waals surface area contributed by atoms with E-state index in [1.807, 2.05) is 0 Å². The van der Waals surface area contributed by atoms with Gasteiger partial charge in [-0.1, -0.05) is 6.08 Å². The number of methoxy groups -OCH3 is 1. The van der Waals surface area contributed by atoms with Gasteiger partial charge < -0.3 is 9.47 Å². The largest absolute Gasteiger partial charge is 0.466 e. The van der Waals surface area contributed by atoms with Gasteiger partial charge in [0.25, 0.3) is 0 Å². The standard InChI is InChI=1S/C9H14O4/c1-5-6-7(10)13-9(2,3)8(11)12-4/h5H,1,6H2,2-4H3. The van der Waals surface area contributed by atoms with Crippen LogP contribution in [0, 0.1) is 0 Å². The fraction of sp³-hybridized carbons (Fsp3) is 0.556. The predicted octanol–water partition coefficient (Wildman–Crippen LogP) is 1.06. The summed E-state index contributed by atoms with van der Waals surface area (Å²) in [5.74, 6) is -1.07. The quantitative estimate of drug-likeness (QED) is 0.486. The molecule has 0 spiro atoms. The fourth-order valence-corrected chi connectivity index (χ4v) is 0.732. The summed E-state index contributed by atoms with van der Waals surface area (Å²) < 4.78 is 9.30. The van der Waals surface area contributed by atoms with Gasteiger partial charge in [0.1, 0.15) is 0 Å². The Bertz CT molecular complexity index is 218. The Labute approximate surface area is 77.5 Å². The molecule has 74 valence electrons. The minimum atomic E-state index is -1.23. The van der Waals surface area contributed by atoms with Crippen molar-refractivity contribution in [1.29, 1.82) is 0 Å². The molecule has 0 saturated heterocycles. The van der Waals surface area contributed by atoms with Crippen LogP contribution in [0.2, 0.25) is 0 Å². The first kappa shape index (κ1) is 11.7. The Morgan fingerprint density at radius 2 is 2.00 bits per heavy atom. The lowest BCUT2D eigenvalue weighted by Gasteiger charge is -2.21. The van der Waals surface area contributed by atoms with Gasteiger partial charge >= 0.3 is 11.9 Å². The maximum absolute atomic E-state index is 11.0. The Hall–Kier alpha value is -1.32. The van der Waals surface area contributed by atoms with Crippen LogP contribution >= 0.6 is 0 Å². The second-order valence-electron chi connectivity index (χ2n) is 2.97. The molecule has 0 radical (unpaired) electrons. The van der Waals surface area contributed by atoms with Crippen LogP contribution in [0.1, 0.15) is 20.3 Å². The Balaban J connectivity index is 4.23. The molecular weight excluding hydrogens is 172 g/mol. The zero-order valence-corrected chi connectivity index (χ0v) is 8.12. The highest BCUT2D eigenvalue weighted by atomic mass is 16.6. The molecular formula is C9H14O4. The van der Waals surface area contributed by atoms with Crippen molar-refractivity contribution in [2.24, 2.45) is 0 Å². The van der Waals surface area contributed by atoms with Crippen LogP contribution in [-0.2, 0) is 19.1 Å². The number of carbonyl (C=O) groups excluding carboxylic acids is 2. The highest BCUT2D eigenvalue weighted by Gasteiger charge is 2.32. The average Bonchev–Trinajstić information content (AvgIpc) is 2.02. The van der Waals surface area contributed by atoms with Crippen LogP contribution in [0.15, 0.2) is 12.7 Å². The van der Waals surface area contributed by atoms with Crippen LogP contribution in [0.3, 0.4) is 0 Å². The number of esters is 2. The topological polar surface area (TPSA) is 52.6 Å². The molecule has 0 aliphatic carbocycles. The third kappa shape index (κ3) is 3.73. The van der Waals surface area contributed by atoms with Crippen LogP contribution in [0.5, 0.6) is 0 Å². The molecule has 0 aromatic carbocycles. The Kier molecular flexibility index (Phi) is 4.17. The van der Waals surface area contributed by atoms with Crippen LogP contribution in [0.4, 0.5) is 0 Å². The molecule has 4 nitrogen and oxygen atoms in total. The van der Waals surface area contributed by atoms with E-state index >= 15 is 0 Å². The SMILES string of the molecule is C=CCC(=O)OC(C)(C)C(=O)OC. The van der Waals surface area contributed by atoms with Gasteiger partial charge in [0.15, 0.2) is 0 Å². The number of ether oxygens (including phenoxy) is 2. The maximum atomic E-state index is 11.0. The Morgan fingerprint density at radius 3 is 2.38 bits per heavy atom. The van der Waals surface area contributed by atoms with Gasteiger partial charge in [-0.2, -0.15) is 0 Å². The smallest absolute Gasteiger partial charge is 0.349 e. The molecule has 0 saturated carbocycles. The fourth-order valence-electron chi connectivity index (χ4n) is 0.732. The molecule has 0 heterocycles.